The van der Waals surface area contributed by atoms with Crippen LogP contribution in [0.3, 0.4) is 0 Å². The van der Waals surface area contributed by atoms with E-state index in [1.807, 2.05) is 0 Å². The van der Waals surface area contributed by atoms with Gasteiger partial charge < -0.3 is 9.84 Å². The van der Waals surface area contributed by atoms with Gasteiger partial charge in [-0.15, -0.1) is 0 Å². The summed E-state index contributed by atoms with van der Waals surface area (Å²) in [6.07, 6.45) is 3.93. The van der Waals surface area contributed by atoms with Crippen molar-refractivity contribution >= 4 is 0 Å². The van der Waals surface area contributed by atoms with Gasteiger partial charge in [-0.25, -0.2) is 0 Å². The number of rotatable bonds is 11. The van der Waals surface area contributed by atoms with Gasteiger partial charge in [0, 0.05) is 0 Å². The van der Waals surface area contributed by atoms with Crippen molar-refractivity contribution in [3.63, 3.8) is 0 Å². The molecule has 0 aliphatic heterocycles. The van der Waals surface area contributed by atoms with Crippen molar-refractivity contribution in [1.29, 1.82) is 0 Å². The molecule has 216 valence electrons. The van der Waals surface area contributed by atoms with Crippen LogP contribution in [0.4, 0.5) is 0 Å². The molecule has 0 fully saturated rings. The number of hydrogen-bond acceptors (Lipinski definition) is 2. The third-order valence-electron chi connectivity index (χ3n) is 9.01. The summed E-state index contributed by atoms with van der Waals surface area (Å²) in [4.78, 5) is 0. The maximum atomic E-state index is 9.85. The zero-order chi connectivity index (χ0) is 29.7. The van der Waals surface area contributed by atoms with Crippen LogP contribution < -0.4 is 0 Å². The third kappa shape index (κ3) is 7.56. The lowest BCUT2D eigenvalue weighted by atomic mass is 9.91. The van der Waals surface area contributed by atoms with E-state index in [2.05, 4.69) is 110 Å². The molecule has 4 aromatic carbocycles. The lowest BCUT2D eigenvalue weighted by Crippen LogP contribution is -2.06. The van der Waals surface area contributed by atoms with E-state index < -0.39 is 0 Å². The molecular formula is C39H48O2. The molecule has 2 heteroatoms. The van der Waals surface area contributed by atoms with Crippen molar-refractivity contribution in [3.8, 4) is 0 Å². The van der Waals surface area contributed by atoms with Crippen molar-refractivity contribution in [1.82, 2.24) is 0 Å². The molecule has 0 aliphatic carbocycles. The largest absolute Gasteiger partial charge is 0.392 e. The molecule has 0 amide bonds. The first-order chi connectivity index (χ1) is 19.6. The van der Waals surface area contributed by atoms with E-state index in [0.717, 1.165) is 36.8 Å². The minimum absolute atomic E-state index is 0.0891. The predicted octanol–water partition coefficient (Wildman–Crippen LogP) is 8.78. The second kappa shape index (κ2) is 13.6. The van der Waals surface area contributed by atoms with Crippen LogP contribution in [0.5, 0.6) is 0 Å². The number of aryl methyl sites for hydroxylation is 9. The van der Waals surface area contributed by atoms with Gasteiger partial charge in [0.15, 0.2) is 0 Å². The average Bonchev–Trinajstić information content (AvgIpc) is 2.91. The standard InChI is InChI=1S/C39H48O2/c1-25-9-11-33(27(3)17-25)13-14-34-20-35(29(5)18-28(34)4)15-16-41-24-38-22-37(30(6)19-31(38)7)21-36-12-10-26(2)39(23-40)32(36)8/h9-12,17-20,22,40H,13-16,21,23-24H2,1-8H3. The second-order valence-corrected chi connectivity index (χ2v) is 12.1. The maximum absolute atomic E-state index is 9.85. The average molecular weight is 549 g/mol. The minimum Gasteiger partial charge on any atom is -0.392 e. The monoisotopic (exact) mass is 548 g/mol. The molecule has 0 saturated heterocycles. The summed E-state index contributed by atoms with van der Waals surface area (Å²) >= 11 is 0. The Balaban J connectivity index is 1.39. The topological polar surface area (TPSA) is 29.5 Å². The van der Waals surface area contributed by atoms with Gasteiger partial charge in [-0.3, -0.25) is 0 Å². The van der Waals surface area contributed by atoms with Gasteiger partial charge in [0.1, 0.15) is 0 Å². The molecule has 0 unspecified atom stereocenters. The molecule has 4 rings (SSSR count). The maximum Gasteiger partial charge on any atom is 0.0719 e. The Bertz CT molecular complexity index is 1530. The van der Waals surface area contributed by atoms with E-state index in [4.69, 9.17) is 4.74 Å². The fraction of sp³-hybridized carbons (Fsp3) is 0.385. The zero-order valence-electron chi connectivity index (χ0n) is 26.5. The molecule has 0 heterocycles. The van der Waals surface area contributed by atoms with Crippen LogP contribution in [0, 0.1) is 55.4 Å². The van der Waals surface area contributed by atoms with Crippen LogP contribution in [0.25, 0.3) is 0 Å². The van der Waals surface area contributed by atoms with Crippen LogP contribution in [-0.2, 0) is 43.6 Å². The predicted molar refractivity (Wildman–Crippen MR) is 173 cm³/mol. The van der Waals surface area contributed by atoms with Crippen molar-refractivity contribution in [3.05, 3.63) is 138 Å². The molecule has 4 aromatic rings. The van der Waals surface area contributed by atoms with Gasteiger partial charge >= 0.3 is 0 Å². The van der Waals surface area contributed by atoms with Gasteiger partial charge in [-0.2, -0.15) is 0 Å². The first-order valence-electron chi connectivity index (χ1n) is 15.1. The van der Waals surface area contributed by atoms with Gasteiger partial charge in [0.05, 0.1) is 19.8 Å². The Morgan fingerprint density at radius 1 is 0.512 bits per heavy atom. The second-order valence-electron chi connectivity index (χ2n) is 12.1. The summed E-state index contributed by atoms with van der Waals surface area (Å²) in [5.41, 5.74) is 19.6. The van der Waals surface area contributed by atoms with Crippen molar-refractivity contribution in [2.75, 3.05) is 6.61 Å². The number of ether oxygens (including phenoxy) is 1. The highest BCUT2D eigenvalue weighted by molar-refractivity contribution is 5.45. The smallest absolute Gasteiger partial charge is 0.0719 e. The van der Waals surface area contributed by atoms with Crippen LogP contribution in [-0.4, -0.2) is 11.7 Å². The van der Waals surface area contributed by atoms with Crippen LogP contribution >= 0.6 is 0 Å². The molecule has 41 heavy (non-hydrogen) atoms. The van der Waals surface area contributed by atoms with E-state index in [9.17, 15) is 5.11 Å². The number of hydrogen-bond donors (Lipinski definition) is 1. The number of aliphatic hydroxyl groups is 1. The molecule has 0 atom stereocenters. The summed E-state index contributed by atoms with van der Waals surface area (Å²) in [7, 11) is 0. The molecule has 0 aliphatic rings. The Morgan fingerprint density at radius 2 is 1.07 bits per heavy atom. The van der Waals surface area contributed by atoms with Gasteiger partial charge in [0.2, 0.25) is 0 Å². The molecule has 0 spiro atoms. The highest BCUT2D eigenvalue weighted by atomic mass is 16.5. The summed E-state index contributed by atoms with van der Waals surface area (Å²) in [6, 6.07) is 20.5. The molecule has 0 saturated carbocycles. The van der Waals surface area contributed by atoms with E-state index >= 15 is 0 Å². The molecule has 2 nitrogen and oxygen atoms in total. The Hall–Kier alpha value is -3.20. The van der Waals surface area contributed by atoms with E-state index in [1.54, 1.807) is 0 Å². The minimum atomic E-state index is 0.0891. The highest BCUT2D eigenvalue weighted by Crippen LogP contribution is 2.25. The van der Waals surface area contributed by atoms with Crippen LogP contribution in [0.2, 0.25) is 0 Å². The first-order valence-corrected chi connectivity index (χ1v) is 15.1. The first kappa shape index (κ1) is 30.8. The summed E-state index contributed by atoms with van der Waals surface area (Å²) in [5.74, 6) is 0. The summed E-state index contributed by atoms with van der Waals surface area (Å²) in [5, 5.41) is 9.85. The lowest BCUT2D eigenvalue weighted by Gasteiger charge is -2.17. The number of benzene rings is 4. The molecule has 0 bridgehead atoms. The molecular weight excluding hydrogens is 500 g/mol. The van der Waals surface area contributed by atoms with E-state index in [-0.39, 0.29) is 6.61 Å². The lowest BCUT2D eigenvalue weighted by molar-refractivity contribution is 0.123. The van der Waals surface area contributed by atoms with E-state index in [1.165, 1.54) is 72.3 Å². The Kier molecular flexibility index (Phi) is 10.2. The quantitative estimate of drug-likeness (QED) is 0.190. The molecule has 0 radical (unpaired) electrons. The molecule has 0 aromatic heterocycles. The normalized spacial score (nSPS) is 11.3. The molecule has 1 N–H and O–H groups in total. The highest BCUT2D eigenvalue weighted by Gasteiger charge is 2.12. The van der Waals surface area contributed by atoms with Gasteiger partial charge in [-0.1, -0.05) is 60.2 Å². The number of aliphatic hydroxyl groups excluding tert-OH is 1. The van der Waals surface area contributed by atoms with Gasteiger partial charge in [-0.05, 0) is 159 Å². The van der Waals surface area contributed by atoms with Crippen LogP contribution in [0.1, 0.15) is 83.5 Å². The fourth-order valence-corrected chi connectivity index (χ4v) is 6.12. The fourth-order valence-electron chi connectivity index (χ4n) is 6.12. The Labute approximate surface area is 248 Å². The van der Waals surface area contributed by atoms with Crippen LogP contribution in [0.15, 0.2) is 54.6 Å². The van der Waals surface area contributed by atoms with E-state index in [0.29, 0.717) is 13.2 Å². The summed E-state index contributed by atoms with van der Waals surface area (Å²) < 4.78 is 6.27. The zero-order valence-corrected chi connectivity index (χ0v) is 26.5. The van der Waals surface area contributed by atoms with Gasteiger partial charge in [0.25, 0.3) is 0 Å². The van der Waals surface area contributed by atoms with Crippen molar-refractivity contribution in [2.45, 2.75) is 94.3 Å². The third-order valence-corrected chi connectivity index (χ3v) is 9.01. The van der Waals surface area contributed by atoms with Crippen molar-refractivity contribution < 1.29 is 9.84 Å². The summed E-state index contributed by atoms with van der Waals surface area (Å²) in [6.45, 7) is 18.8. The SMILES string of the molecule is Cc1ccc(CCc2cc(CCOCc3cc(Cc4ccc(C)c(CO)c4C)c(C)cc3C)c(C)cc2C)c(C)c1. The Morgan fingerprint density at radius 3 is 1.76 bits per heavy atom. The van der Waals surface area contributed by atoms with Crippen molar-refractivity contribution in [2.24, 2.45) is 0 Å².